The Morgan fingerprint density at radius 2 is 2.00 bits per heavy atom. The molecule has 2 aromatic rings. The number of aromatic nitrogens is 2. The van der Waals surface area contributed by atoms with Crippen molar-refractivity contribution in [2.24, 2.45) is 4.99 Å². The predicted molar refractivity (Wildman–Crippen MR) is 125 cm³/mol. The highest BCUT2D eigenvalue weighted by atomic mass is 16.5. The number of nitrogens with zero attached hydrogens (tertiary/aromatic N) is 3. The van der Waals surface area contributed by atoms with Crippen molar-refractivity contribution in [1.82, 2.24) is 20.4 Å². The number of guanidine groups is 1. The molecule has 1 fully saturated rings. The summed E-state index contributed by atoms with van der Waals surface area (Å²) in [6, 6.07) is 8.91. The van der Waals surface area contributed by atoms with E-state index in [1.807, 2.05) is 6.92 Å². The number of aliphatic imine (C=N–C) groups is 1. The summed E-state index contributed by atoms with van der Waals surface area (Å²) in [5.41, 5.74) is 3.26. The molecule has 170 valence electrons. The van der Waals surface area contributed by atoms with Crippen LogP contribution in [0.15, 0.2) is 35.5 Å². The second-order valence-electron chi connectivity index (χ2n) is 7.93. The van der Waals surface area contributed by atoms with Crippen LogP contribution in [0, 0.1) is 6.92 Å². The Labute approximate surface area is 186 Å². The van der Waals surface area contributed by atoms with Gasteiger partial charge in [-0.1, -0.05) is 25.0 Å². The normalized spacial score (nSPS) is 14.7. The molecule has 1 aromatic heterocycles. The van der Waals surface area contributed by atoms with Crippen LogP contribution in [0.2, 0.25) is 0 Å². The van der Waals surface area contributed by atoms with Crippen LogP contribution in [0.25, 0.3) is 0 Å². The van der Waals surface area contributed by atoms with Crippen LogP contribution >= 0.6 is 0 Å². The highest BCUT2D eigenvalue weighted by Gasteiger charge is 2.17. The van der Waals surface area contributed by atoms with E-state index in [0.29, 0.717) is 39.0 Å². The maximum atomic E-state index is 5.95. The first-order valence-corrected chi connectivity index (χ1v) is 11.6. The summed E-state index contributed by atoms with van der Waals surface area (Å²) in [5.74, 6) is 1.65. The summed E-state index contributed by atoms with van der Waals surface area (Å²) >= 11 is 0. The molecule has 0 amide bonds. The van der Waals surface area contributed by atoms with Crippen molar-refractivity contribution in [2.45, 2.75) is 65.6 Å². The van der Waals surface area contributed by atoms with Crippen LogP contribution in [0.1, 0.15) is 62.4 Å². The molecular formula is C24H37N5O2. The molecule has 7 nitrogen and oxygen atoms in total. The van der Waals surface area contributed by atoms with Gasteiger partial charge < -0.3 is 20.1 Å². The first kappa shape index (κ1) is 23.1. The third kappa shape index (κ3) is 7.28. The first-order valence-electron chi connectivity index (χ1n) is 11.6. The summed E-state index contributed by atoms with van der Waals surface area (Å²) in [5, 5.41) is 11.5. The molecule has 0 bridgehead atoms. The fraction of sp³-hybridized carbons (Fsp3) is 0.583. The average molecular weight is 428 g/mol. The number of hydrogen-bond acceptors (Lipinski definition) is 4. The Morgan fingerprint density at radius 1 is 1.16 bits per heavy atom. The predicted octanol–water partition coefficient (Wildman–Crippen LogP) is 3.98. The molecule has 1 saturated carbocycles. The van der Waals surface area contributed by atoms with E-state index < -0.39 is 0 Å². The lowest BCUT2D eigenvalue weighted by molar-refractivity contribution is 0.110. The lowest BCUT2D eigenvalue weighted by atomic mass is 10.1. The van der Waals surface area contributed by atoms with Crippen molar-refractivity contribution < 1.29 is 9.47 Å². The standard InChI is InChI=1S/C24H37N5O2/c1-4-25-24(27-18-21-12-13-29(28-21)22-8-6-7-9-22)26-17-20-11-10-19(3)16-23(20)31-15-14-30-5-2/h10-13,16,22H,4-9,14-15,17-18H2,1-3H3,(H2,25,26,27). The summed E-state index contributed by atoms with van der Waals surface area (Å²) in [6.07, 6.45) is 7.21. The maximum absolute atomic E-state index is 5.95. The number of benzene rings is 1. The van der Waals surface area contributed by atoms with Gasteiger partial charge in [-0.15, -0.1) is 0 Å². The van der Waals surface area contributed by atoms with Crippen molar-refractivity contribution in [1.29, 1.82) is 0 Å². The highest BCUT2D eigenvalue weighted by molar-refractivity contribution is 5.79. The second kappa shape index (κ2) is 12.3. The molecule has 31 heavy (non-hydrogen) atoms. The van der Waals surface area contributed by atoms with Crippen LogP contribution < -0.4 is 15.4 Å². The molecule has 0 aliphatic heterocycles. The van der Waals surface area contributed by atoms with E-state index in [2.05, 4.69) is 59.6 Å². The molecule has 1 aliphatic rings. The fourth-order valence-electron chi connectivity index (χ4n) is 3.81. The maximum Gasteiger partial charge on any atom is 0.191 e. The van der Waals surface area contributed by atoms with E-state index in [4.69, 9.17) is 19.6 Å². The van der Waals surface area contributed by atoms with Gasteiger partial charge in [0.2, 0.25) is 0 Å². The molecule has 0 unspecified atom stereocenters. The van der Waals surface area contributed by atoms with E-state index in [0.717, 1.165) is 29.5 Å². The summed E-state index contributed by atoms with van der Waals surface area (Å²) < 4.78 is 13.5. The van der Waals surface area contributed by atoms with Crippen LogP contribution in [0.3, 0.4) is 0 Å². The quantitative estimate of drug-likeness (QED) is 0.322. The van der Waals surface area contributed by atoms with Crippen molar-refractivity contribution in [2.75, 3.05) is 26.4 Å². The summed E-state index contributed by atoms with van der Waals surface area (Å²) in [6.45, 7) is 9.94. The number of aryl methyl sites for hydroxylation is 1. The van der Waals surface area contributed by atoms with Gasteiger partial charge in [0.05, 0.1) is 31.4 Å². The van der Waals surface area contributed by atoms with E-state index in [1.54, 1.807) is 0 Å². The molecule has 0 atom stereocenters. The van der Waals surface area contributed by atoms with Crippen molar-refractivity contribution >= 4 is 5.96 Å². The lowest BCUT2D eigenvalue weighted by Gasteiger charge is -2.13. The van der Waals surface area contributed by atoms with E-state index >= 15 is 0 Å². The van der Waals surface area contributed by atoms with E-state index in [9.17, 15) is 0 Å². The smallest absolute Gasteiger partial charge is 0.191 e. The minimum absolute atomic E-state index is 0.538. The van der Waals surface area contributed by atoms with Gasteiger partial charge in [0.1, 0.15) is 12.4 Å². The molecule has 1 aliphatic carbocycles. The lowest BCUT2D eigenvalue weighted by Crippen LogP contribution is -2.37. The minimum atomic E-state index is 0.538. The van der Waals surface area contributed by atoms with Crippen molar-refractivity contribution in [3.8, 4) is 5.75 Å². The van der Waals surface area contributed by atoms with Crippen molar-refractivity contribution in [3.05, 3.63) is 47.3 Å². The Hall–Kier alpha value is -2.54. The molecule has 0 saturated heterocycles. The van der Waals surface area contributed by atoms with Crippen LogP contribution in [-0.4, -0.2) is 42.1 Å². The number of hydrogen-bond donors (Lipinski definition) is 2. The zero-order chi connectivity index (χ0) is 21.9. The Morgan fingerprint density at radius 3 is 2.77 bits per heavy atom. The zero-order valence-corrected chi connectivity index (χ0v) is 19.2. The molecule has 3 rings (SSSR count). The van der Waals surface area contributed by atoms with E-state index in [-0.39, 0.29) is 0 Å². The number of ether oxygens (including phenoxy) is 2. The minimum Gasteiger partial charge on any atom is -0.491 e. The molecule has 2 N–H and O–H groups in total. The second-order valence-corrected chi connectivity index (χ2v) is 7.93. The van der Waals surface area contributed by atoms with Crippen molar-refractivity contribution in [3.63, 3.8) is 0 Å². The Kier molecular flexibility index (Phi) is 9.21. The SMILES string of the molecule is CCNC(=NCc1ccc(C)cc1OCCOCC)NCc1ccn(C2CCCC2)n1. The third-order valence-corrected chi connectivity index (χ3v) is 5.46. The molecule has 1 heterocycles. The highest BCUT2D eigenvalue weighted by Crippen LogP contribution is 2.28. The van der Waals surface area contributed by atoms with Gasteiger partial charge in [-0.3, -0.25) is 4.68 Å². The third-order valence-electron chi connectivity index (χ3n) is 5.46. The summed E-state index contributed by atoms with van der Waals surface area (Å²) in [7, 11) is 0. The first-order chi connectivity index (χ1) is 15.2. The fourth-order valence-corrected chi connectivity index (χ4v) is 3.81. The Bertz CT molecular complexity index is 827. The number of nitrogens with one attached hydrogen (secondary N) is 2. The monoisotopic (exact) mass is 427 g/mol. The van der Waals surface area contributed by atoms with Crippen LogP contribution in [0.5, 0.6) is 5.75 Å². The molecule has 0 radical (unpaired) electrons. The molecule has 1 aromatic carbocycles. The van der Waals surface area contributed by atoms with Gasteiger partial charge in [-0.05, 0) is 51.3 Å². The summed E-state index contributed by atoms with van der Waals surface area (Å²) in [4.78, 5) is 4.77. The van der Waals surface area contributed by atoms with Gasteiger partial charge >= 0.3 is 0 Å². The van der Waals surface area contributed by atoms with E-state index in [1.165, 1.54) is 31.2 Å². The van der Waals surface area contributed by atoms with Gasteiger partial charge in [0.25, 0.3) is 0 Å². The largest absolute Gasteiger partial charge is 0.491 e. The molecular weight excluding hydrogens is 390 g/mol. The topological polar surface area (TPSA) is 72.7 Å². The zero-order valence-electron chi connectivity index (χ0n) is 19.2. The van der Waals surface area contributed by atoms with Crippen LogP contribution in [-0.2, 0) is 17.8 Å². The number of rotatable bonds is 11. The van der Waals surface area contributed by atoms with Gasteiger partial charge in [-0.2, -0.15) is 5.10 Å². The average Bonchev–Trinajstić information content (AvgIpc) is 3.46. The Balaban J connectivity index is 1.59. The van der Waals surface area contributed by atoms with Crippen LogP contribution in [0.4, 0.5) is 0 Å². The molecule has 7 heteroatoms. The van der Waals surface area contributed by atoms with Gasteiger partial charge in [0, 0.05) is 24.9 Å². The van der Waals surface area contributed by atoms with Gasteiger partial charge in [-0.25, -0.2) is 4.99 Å². The molecule has 0 spiro atoms. The van der Waals surface area contributed by atoms with Gasteiger partial charge in [0.15, 0.2) is 5.96 Å².